The number of aromatic nitrogens is 1. The van der Waals surface area contributed by atoms with Crippen molar-refractivity contribution >= 4 is 60.4 Å². The van der Waals surface area contributed by atoms with Crippen LogP contribution in [0.2, 0.25) is 0 Å². The van der Waals surface area contributed by atoms with Crippen LogP contribution in [0.3, 0.4) is 0 Å². The van der Waals surface area contributed by atoms with Gasteiger partial charge in [0, 0.05) is 33.2 Å². The zero-order chi connectivity index (χ0) is 46.3. The zero-order valence-corrected chi connectivity index (χ0v) is 39.1. The van der Waals surface area contributed by atoms with Crippen molar-refractivity contribution in [3.63, 3.8) is 0 Å². The van der Waals surface area contributed by atoms with Crippen LogP contribution in [0.5, 0.6) is 0 Å². The van der Waals surface area contributed by atoms with Crippen LogP contribution in [0.4, 0.5) is 17.1 Å². The Morgan fingerprint density at radius 1 is 0.377 bits per heavy atom. The first kappa shape index (κ1) is 40.8. The van der Waals surface area contributed by atoms with E-state index in [2.05, 4.69) is 279 Å². The van der Waals surface area contributed by atoms with Gasteiger partial charge in [0.2, 0.25) is 0 Å². The molecule has 2 heteroatoms. The smallest absolute Gasteiger partial charge is 0.0714 e. The molecule has 0 spiro atoms. The SMILES string of the molecule is CC(C)(C)c1ccc(N(c2ccc(-c3ccc4c(c3)c3ccccc3n4-c3ccc4c(c3)C(c3ccccc3)(c3ccccc3)c3ccccc3-4)cc2)c2cc3ccccc3c3ccccc23)cc1. The van der Waals surface area contributed by atoms with Gasteiger partial charge in [0.1, 0.15) is 0 Å². The fourth-order valence-corrected chi connectivity index (χ4v) is 11.6. The fraction of sp³-hybridized carbons (Fsp3) is 0.0746. The van der Waals surface area contributed by atoms with Crippen molar-refractivity contribution in [3.8, 4) is 27.9 Å². The maximum atomic E-state index is 2.47. The summed E-state index contributed by atoms with van der Waals surface area (Å²) in [5, 5.41) is 7.43. The third kappa shape index (κ3) is 6.40. The Labute approximate surface area is 404 Å². The molecule has 0 atom stereocenters. The van der Waals surface area contributed by atoms with Crippen LogP contribution >= 0.6 is 0 Å². The van der Waals surface area contributed by atoms with Crippen LogP contribution in [0.15, 0.2) is 249 Å². The molecule has 0 aliphatic heterocycles. The Morgan fingerprint density at radius 2 is 0.928 bits per heavy atom. The average molecular weight is 883 g/mol. The number of hydrogen-bond donors (Lipinski definition) is 0. The Bertz CT molecular complexity index is 3870. The van der Waals surface area contributed by atoms with Gasteiger partial charge in [-0.05, 0) is 132 Å². The summed E-state index contributed by atoms with van der Waals surface area (Å²) >= 11 is 0. The van der Waals surface area contributed by atoms with Crippen molar-refractivity contribution in [1.82, 2.24) is 4.57 Å². The molecule has 1 aromatic heterocycles. The first-order valence-electron chi connectivity index (χ1n) is 24.2. The summed E-state index contributed by atoms with van der Waals surface area (Å²) in [7, 11) is 0. The number of para-hydroxylation sites is 1. The lowest BCUT2D eigenvalue weighted by Crippen LogP contribution is -2.28. The molecule has 0 bridgehead atoms. The molecule has 13 rings (SSSR count). The minimum absolute atomic E-state index is 0.0540. The summed E-state index contributed by atoms with van der Waals surface area (Å²) in [5.74, 6) is 0. The van der Waals surface area contributed by atoms with E-state index in [1.165, 1.54) is 93.4 Å². The maximum absolute atomic E-state index is 2.47. The molecule has 11 aromatic carbocycles. The standard InChI is InChI=1S/C67H50N2/c1-66(2,3)48-33-37-52(38-34-48)68(65-43-47-18-10-11-23-54(47)55-24-12-13-26-58(55)65)51-35-30-45(31-36-51)46-32-41-64-60(42-46)59-27-15-17-29-63(59)69(64)53-39-40-57-56-25-14-16-28-61(56)67(62(57)44-53,49-19-6-4-7-20-49)50-21-8-5-9-22-50/h4-44H,1-3H3. The minimum Gasteiger partial charge on any atom is -0.310 e. The van der Waals surface area contributed by atoms with E-state index in [4.69, 9.17) is 0 Å². The quantitative estimate of drug-likeness (QED) is 0.145. The van der Waals surface area contributed by atoms with Gasteiger partial charge < -0.3 is 9.47 Å². The second kappa shape index (κ2) is 15.8. The molecule has 0 unspecified atom stereocenters. The molecule has 12 aromatic rings. The summed E-state index contributed by atoms with van der Waals surface area (Å²) in [5.41, 5.74) is 17.9. The predicted octanol–water partition coefficient (Wildman–Crippen LogP) is 17.9. The summed E-state index contributed by atoms with van der Waals surface area (Å²) < 4.78 is 2.47. The van der Waals surface area contributed by atoms with E-state index >= 15 is 0 Å². The minimum atomic E-state index is -0.477. The number of nitrogens with zero attached hydrogens (tertiary/aromatic N) is 2. The van der Waals surface area contributed by atoms with Crippen LogP contribution < -0.4 is 4.90 Å². The van der Waals surface area contributed by atoms with E-state index in [9.17, 15) is 0 Å². The van der Waals surface area contributed by atoms with Crippen molar-refractivity contribution in [2.75, 3.05) is 4.90 Å². The zero-order valence-electron chi connectivity index (χ0n) is 39.1. The van der Waals surface area contributed by atoms with E-state index in [-0.39, 0.29) is 5.41 Å². The number of hydrogen-bond acceptors (Lipinski definition) is 1. The second-order valence-electron chi connectivity index (χ2n) is 19.7. The Morgan fingerprint density at radius 3 is 1.64 bits per heavy atom. The number of benzene rings is 11. The molecular formula is C67H50N2. The molecule has 0 saturated carbocycles. The van der Waals surface area contributed by atoms with E-state index in [1.807, 2.05) is 0 Å². The molecule has 69 heavy (non-hydrogen) atoms. The topological polar surface area (TPSA) is 8.17 Å². The Balaban J connectivity index is 0.943. The van der Waals surface area contributed by atoms with E-state index in [1.54, 1.807) is 0 Å². The van der Waals surface area contributed by atoms with Crippen LogP contribution in [-0.2, 0) is 10.8 Å². The third-order valence-electron chi connectivity index (χ3n) is 14.8. The van der Waals surface area contributed by atoms with Gasteiger partial charge in [0.05, 0.1) is 22.1 Å². The molecule has 328 valence electrons. The van der Waals surface area contributed by atoms with Crippen molar-refractivity contribution in [2.45, 2.75) is 31.6 Å². The summed E-state index contributed by atoms with van der Waals surface area (Å²) in [6, 6.07) is 92.4. The molecule has 1 aliphatic carbocycles. The van der Waals surface area contributed by atoms with Gasteiger partial charge in [0.25, 0.3) is 0 Å². The number of rotatable bonds is 7. The first-order chi connectivity index (χ1) is 33.9. The molecule has 2 nitrogen and oxygen atoms in total. The van der Waals surface area contributed by atoms with Crippen LogP contribution in [0, 0.1) is 0 Å². The lowest BCUT2D eigenvalue weighted by Gasteiger charge is -2.34. The van der Waals surface area contributed by atoms with Gasteiger partial charge in [-0.2, -0.15) is 0 Å². The van der Waals surface area contributed by atoms with E-state index in [0.29, 0.717) is 0 Å². The molecule has 1 aliphatic rings. The highest BCUT2D eigenvalue weighted by Crippen LogP contribution is 2.56. The highest BCUT2D eigenvalue weighted by atomic mass is 15.1. The first-order valence-corrected chi connectivity index (χ1v) is 24.2. The van der Waals surface area contributed by atoms with Gasteiger partial charge in [0.15, 0.2) is 0 Å². The lowest BCUT2D eigenvalue weighted by molar-refractivity contribution is 0.590. The largest absolute Gasteiger partial charge is 0.310 e. The molecule has 0 N–H and O–H groups in total. The van der Waals surface area contributed by atoms with Crippen LogP contribution in [0.25, 0.3) is 71.3 Å². The molecule has 1 heterocycles. The van der Waals surface area contributed by atoms with Crippen LogP contribution in [0.1, 0.15) is 48.6 Å². The molecule has 0 fully saturated rings. The fourth-order valence-electron chi connectivity index (χ4n) is 11.6. The molecular weight excluding hydrogens is 833 g/mol. The molecule has 0 radical (unpaired) electrons. The molecule has 0 amide bonds. The Kier molecular flexibility index (Phi) is 9.36. The lowest BCUT2D eigenvalue weighted by atomic mass is 9.67. The van der Waals surface area contributed by atoms with E-state index in [0.717, 1.165) is 22.7 Å². The van der Waals surface area contributed by atoms with Gasteiger partial charge in [-0.25, -0.2) is 0 Å². The average Bonchev–Trinajstić information content (AvgIpc) is 3.89. The Hall–Kier alpha value is -8.46. The highest BCUT2D eigenvalue weighted by molar-refractivity contribution is 6.15. The molecule has 0 saturated heterocycles. The normalized spacial score (nSPS) is 13.0. The second-order valence-corrected chi connectivity index (χ2v) is 19.7. The summed E-state index contributed by atoms with van der Waals surface area (Å²) in [6.07, 6.45) is 0. The van der Waals surface area contributed by atoms with Crippen molar-refractivity contribution in [3.05, 3.63) is 277 Å². The van der Waals surface area contributed by atoms with Crippen LogP contribution in [-0.4, -0.2) is 4.57 Å². The van der Waals surface area contributed by atoms with Crippen molar-refractivity contribution in [2.24, 2.45) is 0 Å². The van der Waals surface area contributed by atoms with Gasteiger partial charge in [-0.15, -0.1) is 0 Å². The van der Waals surface area contributed by atoms with Crippen molar-refractivity contribution < 1.29 is 0 Å². The predicted molar refractivity (Wildman–Crippen MR) is 292 cm³/mol. The van der Waals surface area contributed by atoms with Gasteiger partial charge >= 0.3 is 0 Å². The number of fused-ring (bicyclic) bond motifs is 9. The highest BCUT2D eigenvalue weighted by Gasteiger charge is 2.46. The summed E-state index contributed by atoms with van der Waals surface area (Å²) in [4.78, 5) is 2.43. The van der Waals surface area contributed by atoms with E-state index < -0.39 is 5.41 Å². The summed E-state index contributed by atoms with van der Waals surface area (Å²) in [6.45, 7) is 6.83. The maximum Gasteiger partial charge on any atom is 0.0714 e. The van der Waals surface area contributed by atoms with Crippen molar-refractivity contribution in [1.29, 1.82) is 0 Å². The third-order valence-corrected chi connectivity index (χ3v) is 14.8. The van der Waals surface area contributed by atoms with Gasteiger partial charge in [-0.1, -0.05) is 209 Å². The monoisotopic (exact) mass is 882 g/mol. The number of anilines is 3. The van der Waals surface area contributed by atoms with Gasteiger partial charge in [-0.3, -0.25) is 0 Å².